The molecule has 0 amide bonds. The summed E-state index contributed by atoms with van der Waals surface area (Å²) in [6.07, 6.45) is 0.964. The fourth-order valence-electron chi connectivity index (χ4n) is 1.95. The van der Waals surface area contributed by atoms with Crippen molar-refractivity contribution in [3.8, 4) is 6.07 Å². The molecule has 1 aromatic heterocycles. The molecule has 2 aromatic rings. The van der Waals surface area contributed by atoms with Crippen molar-refractivity contribution >= 4 is 16.9 Å². The Morgan fingerprint density at radius 1 is 1.47 bits per heavy atom. The molecule has 4 heteroatoms. The highest BCUT2D eigenvalue weighted by Crippen LogP contribution is 2.26. The largest absolute Gasteiger partial charge is 0.464 e. The molecular weight excluding hydrogens is 242 g/mol. The number of carbonyl (C=O) groups excluding carboxylic acids is 1. The van der Waals surface area contributed by atoms with Crippen LogP contribution >= 0.6 is 0 Å². The Bertz CT molecular complexity index is 664. The molecule has 98 valence electrons. The number of hydrogen-bond donors (Lipinski definition) is 0. The number of carbonyl (C=O) groups is 1. The van der Waals surface area contributed by atoms with Crippen molar-refractivity contribution in [2.24, 2.45) is 0 Å². The third kappa shape index (κ3) is 2.60. The molecule has 4 nitrogen and oxygen atoms in total. The molecule has 1 heterocycles. The Kier molecular flexibility index (Phi) is 3.57. The van der Waals surface area contributed by atoms with Crippen LogP contribution in [0.1, 0.15) is 23.6 Å². The second-order valence-electron chi connectivity index (χ2n) is 4.58. The molecular formula is C15H15NO3. The number of nitriles is 1. The van der Waals surface area contributed by atoms with Crippen LogP contribution in [0, 0.1) is 25.2 Å². The van der Waals surface area contributed by atoms with Crippen LogP contribution in [0.15, 0.2) is 22.8 Å². The van der Waals surface area contributed by atoms with Gasteiger partial charge >= 0.3 is 5.97 Å². The minimum Gasteiger partial charge on any atom is -0.464 e. The van der Waals surface area contributed by atoms with Crippen molar-refractivity contribution in [3.63, 3.8) is 0 Å². The third-order valence-electron chi connectivity index (χ3n) is 3.17. The molecule has 0 bridgehead atoms. The Morgan fingerprint density at radius 3 is 2.89 bits per heavy atom. The van der Waals surface area contributed by atoms with Gasteiger partial charge in [0, 0.05) is 10.9 Å². The normalized spacial score (nSPS) is 12.1. The SMILES string of the molecule is Cc1ccc2c(CC(=O)O[C@H](C)C#N)coc2c1C. The molecule has 19 heavy (non-hydrogen) atoms. The summed E-state index contributed by atoms with van der Waals surface area (Å²) >= 11 is 0. The highest BCUT2D eigenvalue weighted by molar-refractivity contribution is 5.88. The number of esters is 1. The van der Waals surface area contributed by atoms with Crippen molar-refractivity contribution in [2.45, 2.75) is 33.3 Å². The maximum Gasteiger partial charge on any atom is 0.311 e. The minimum atomic E-state index is -0.727. The van der Waals surface area contributed by atoms with E-state index in [-0.39, 0.29) is 6.42 Å². The van der Waals surface area contributed by atoms with E-state index in [2.05, 4.69) is 0 Å². The summed E-state index contributed by atoms with van der Waals surface area (Å²) in [5.41, 5.74) is 3.81. The first-order valence-electron chi connectivity index (χ1n) is 6.08. The summed E-state index contributed by atoms with van der Waals surface area (Å²) in [5, 5.41) is 9.52. The van der Waals surface area contributed by atoms with Gasteiger partial charge in [0.1, 0.15) is 11.7 Å². The van der Waals surface area contributed by atoms with Gasteiger partial charge in [-0.2, -0.15) is 5.26 Å². The number of aryl methyl sites for hydroxylation is 2. The van der Waals surface area contributed by atoms with Gasteiger partial charge in [-0.05, 0) is 31.9 Å². The van der Waals surface area contributed by atoms with E-state index in [1.54, 1.807) is 13.2 Å². The van der Waals surface area contributed by atoms with Gasteiger partial charge < -0.3 is 9.15 Å². The van der Waals surface area contributed by atoms with Crippen LogP contribution in [0.5, 0.6) is 0 Å². The molecule has 1 aromatic carbocycles. The Morgan fingerprint density at radius 2 is 2.21 bits per heavy atom. The van der Waals surface area contributed by atoms with Gasteiger partial charge in [0.2, 0.25) is 0 Å². The second-order valence-corrected chi connectivity index (χ2v) is 4.58. The molecule has 0 unspecified atom stereocenters. The lowest BCUT2D eigenvalue weighted by atomic mass is 10.0. The first-order chi connectivity index (χ1) is 9.02. The molecule has 1 atom stereocenters. The van der Waals surface area contributed by atoms with Gasteiger partial charge in [-0.1, -0.05) is 12.1 Å². The topological polar surface area (TPSA) is 63.2 Å². The summed E-state index contributed by atoms with van der Waals surface area (Å²) in [6.45, 7) is 5.54. The number of furan rings is 1. The zero-order valence-corrected chi connectivity index (χ0v) is 11.2. The summed E-state index contributed by atoms with van der Waals surface area (Å²) in [7, 11) is 0. The molecule has 0 aliphatic carbocycles. The Labute approximate surface area is 111 Å². The monoisotopic (exact) mass is 257 g/mol. The van der Waals surface area contributed by atoms with Crippen molar-refractivity contribution in [3.05, 3.63) is 35.1 Å². The van der Waals surface area contributed by atoms with Crippen LogP contribution in [0.3, 0.4) is 0 Å². The average molecular weight is 257 g/mol. The number of hydrogen-bond acceptors (Lipinski definition) is 4. The standard InChI is InChI=1S/C15H15NO3/c1-9-4-5-13-12(8-18-15(13)11(9)3)6-14(17)19-10(2)7-16/h4-5,8,10H,6H2,1-3H3/t10-/m1/s1. The van der Waals surface area contributed by atoms with Crippen LogP contribution in [0.25, 0.3) is 11.0 Å². The summed E-state index contributed by atoms with van der Waals surface area (Å²) in [4.78, 5) is 11.7. The van der Waals surface area contributed by atoms with E-state index >= 15 is 0 Å². The Hall–Kier alpha value is -2.28. The summed E-state index contributed by atoms with van der Waals surface area (Å²) in [5.74, 6) is -0.421. The van der Waals surface area contributed by atoms with E-state index in [0.717, 1.165) is 27.7 Å². The number of ether oxygens (including phenoxy) is 1. The van der Waals surface area contributed by atoms with E-state index in [0.29, 0.717) is 0 Å². The number of benzene rings is 1. The third-order valence-corrected chi connectivity index (χ3v) is 3.17. The Balaban J connectivity index is 2.25. The van der Waals surface area contributed by atoms with E-state index in [1.807, 2.05) is 32.0 Å². The van der Waals surface area contributed by atoms with Gasteiger partial charge in [-0.15, -0.1) is 0 Å². The maximum atomic E-state index is 11.7. The van der Waals surface area contributed by atoms with E-state index in [4.69, 9.17) is 14.4 Å². The predicted molar refractivity (Wildman–Crippen MR) is 70.6 cm³/mol. The van der Waals surface area contributed by atoms with Crippen LogP contribution in [0.4, 0.5) is 0 Å². The number of fused-ring (bicyclic) bond motifs is 1. The lowest BCUT2D eigenvalue weighted by Crippen LogP contribution is -2.14. The molecule has 0 aliphatic heterocycles. The van der Waals surface area contributed by atoms with Crippen LogP contribution < -0.4 is 0 Å². The first-order valence-corrected chi connectivity index (χ1v) is 6.08. The molecule has 0 saturated heterocycles. The van der Waals surface area contributed by atoms with Crippen LogP contribution in [-0.4, -0.2) is 12.1 Å². The highest BCUT2D eigenvalue weighted by Gasteiger charge is 2.15. The van der Waals surface area contributed by atoms with Gasteiger partial charge in [-0.25, -0.2) is 0 Å². The molecule has 0 fully saturated rings. The lowest BCUT2D eigenvalue weighted by molar-refractivity contribution is -0.145. The zero-order valence-electron chi connectivity index (χ0n) is 11.2. The van der Waals surface area contributed by atoms with Crippen molar-refractivity contribution in [1.29, 1.82) is 5.26 Å². The maximum absolute atomic E-state index is 11.7. The van der Waals surface area contributed by atoms with E-state index < -0.39 is 12.1 Å². The molecule has 0 aliphatic rings. The van der Waals surface area contributed by atoms with Crippen LogP contribution in [0.2, 0.25) is 0 Å². The molecule has 0 radical (unpaired) electrons. The van der Waals surface area contributed by atoms with E-state index in [1.165, 1.54) is 0 Å². The highest BCUT2D eigenvalue weighted by atomic mass is 16.5. The van der Waals surface area contributed by atoms with Gasteiger partial charge in [0.05, 0.1) is 12.7 Å². The zero-order chi connectivity index (χ0) is 14.0. The van der Waals surface area contributed by atoms with Crippen molar-refractivity contribution in [2.75, 3.05) is 0 Å². The molecule has 0 saturated carbocycles. The predicted octanol–water partition coefficient (Wildman–Crippen LogP) is 3.05. The number of rotatable bonds is 3. The number of nitrogens with zero attached hydrogens (tertiary/aromatic N) is 1. The molecule has 2 rings (SSSR count). The van der Waals surface area contributed by atoms with Gasteiger partial charge in [0.15, 0.2) is 6.10 Å². The quantitative estimate of drug-likeness (QED) is 0.793. The van der Waals surface area contributed by atoms with Gasteiger partial charge in [0.25, 0.3) is 0 Å². The molecule has 0 N–H and O–H groups in total. The smallest absolute Gasteiger partial charge is 0.311 e. The van der Waals surface area contributed by atoms with Crippen LogP contribution in [-0.2, 0) is 16.0 Å². The summed E-state index contributed by atoms with van der Waals surface area (Å²) in [6, 6.07) is 5.80. The van der Waals surface area contributed by atoms with E-state index in [9.17, 15) is 4.79 Å². The minimum absolute atomic E-state index is 0.113. The second kappa shape index (κ2) is 5.15. The molecule has 0 spiro atoms. The first kappa shape index (κ1) is 13.2. The van der Waals surface area contributed by atoms with Gasteiger partial charge in [-0.3, -0.25) is 4.79 Å². The fraction of sp³-hybridized carbons (Fsp3) is 0.333. The fourth-order valence-corrected chi connectivity index (χ4v) is 1.95. The lowest BCUT2D eigenvalue weighted by Gasteiger charge is -2.05. The van der Waals surface area contributed by atoms with Crippen molar-refractivity contribution in [1.82, 2.24) is 0 Å². The average Bonchev–Trinajstić information content (AvgIpc) is 2.77. The summed E-state index contributed by atoms with van der Waals surface area (Å²) < 4.78 is 10.5. The van der Waals surface area contributed by atoms with Crippen molar-refractivity contribution < 1.29 is 13.9 Å².